The fourth-order valence-electron chi connectivity index (χ4n) is 3.66. The third kappa shape index (κ3) is 5.78. The molecule has 1 aromatic heterocycles. The first-order valence-corrected chi connectivity index (χ1v) is 10.6. The number of primary amides is 1. The van der Waals surface area contributed by atoms with Crippen LogP contribution in [0.5, 0.6) is 0 Å². The van der Waals surface area contributed by atoms with Crippen LogP contribution in [0.2, 0.25) is 0 Å². The SMILES string of the molecule is CCC(=O)CCCCC[C@@H](C(=O)Nc1ccc2ccccc2c1)n1ccnc1C(N)=O. The van der Waals surface area contributed by atoms with Crippen molar-refractivity contribution in [2.24, 2.45) is 5.73 Å². The predicted octanol–water partition coefficient (Wildman–Crippen LogP) is 4.24. The topological polar surface area (TPSA) is 107 Å². The van der Waals surface area contributed by atoms with Crippen molar-refractivity contribution in [2.75, 3.05) is 5.32 Å². The number of fused-ring (bicyclic) bond motifs is 1. The van der Waals surface area contributed by atoms with Gasteiger partial charge in [-0.2, -0.15) is 0 Å². The molecule has 2 aromatic carbocycles. The Balaban J connectivity index is 1.74. The number of nitrogens with two attached hydrogens (primary N) is 1. The van der Waals surface area contributed by atoms with Crippen LogP contribution in [0.3, 0.4) is 0 Å². The molecular weight excluding hydrogens is 392 g/mol. The Hall–Kier alpha value is -3.48. The monoisotopic (exact) mass is 420 g/mol. The van der Waals surface area contributed by atoms with Crippen LogP contribution in [0.25, 0.3) is 10.8 Å². The van der Waals surface area contributed by atoms with Gasteiger partial charge in [-0.25, -0.2) is 4.98 Å². The second kappa shape index (κ2) is 10.5. The van der Waals surface area contributed by atoms with E-state index in [0.29, 0.717) is 24.9 Å². The van der Waals surface area contributed by atoms with Gasteiger partial charge in [0.25, 0.3) is 5.91 Å². The number of aromatic nitrogens is 2. The lowest BCUT2D eigenvalue weighted by atomic mass is 10.0. The molecule has 0 aliphatic heterocycles. The van der Waals surface area contributed by atoms with E-state index in [2.05, 4.69) is 10.3 Å². The zero-order valence-electron chi connectivity index (χ0n) is 17.7. The number of rotatable bonds is 11. The van der Waals surface area contributed by atoms with Crippen LogP contribution >= 0.6 is 0 Å². The Bertz CT molecular complexity index is 1070. The first kappa shape index (κ1) is 22.2. The summed E-state index contributed by atoms with van der Waals surface area (Å²) in [6, 6.07) is 13.0. The van der Waals surface area contributed by atoms with Gasteiger partial charge in [0.05, 0.1) is 0 Å². The molecule has 1 atom stereocenters. The summed E-state index contributed by atoms with van der Waals surface area (Å²) >= 11 is 0. The minimum absolute atomic E-state index is 0.0554. The number of anilines is 1. The summed E-state index contributed by atoms with van der Waals surface area (Å²) in [5, 5.41) is 5.08. The van der Waals surface area contributed by atoms with Gasteiger partial charge in [-0.05, 0) is 35.7 Å². The third-order valence-corrected chi connectivity index (χ3v) is 5.37. The van der Waals surface area contributed by atoms with Crippen LogP contribution in [0.4, 0.5) is 5.69 Å². The highest BCUT2D eigenvalue weighted by Gasteiger charge is 2.24. The van der Waals surface area contributed by atoms with E-state index in [1.54, 1.807) is 6.20 Å². The Labute approximate surface area is 181 Å². The summed E-state index contributed by atoms with van der Waals surface area (Å²) in [7, 11) is 0. The van der Waals surface area contributed by atoms with E-state index < -0.39 is 11.9 Å². The number of nitrogens with zero attached hydrogens (tertiary/aromatic N) is 2. The molecular formula is C24H28N4O3. The molecule has 7 heteroatoms. The minimum Gasteiger partial charge on any atom is -0.363 e. The van der Waals surface area contributed by atoms with Crippen molar-refractivity contribution in [3.8, 4) is 0 Å². The molecule has 3 aromatic rings. The van der Waals surface area contributed by atoms with Gasteiger partial charge in [-0.15, -0.1) is 0 Å². The number of ketones is 1. The smallest absolute Gasteiger partial charge is 0.284 e. The van der Waals surface area contributed by atoms with Crippen molar-refractivity contribution in [1.82, 2.24) is 9.55 Å². The number of carbonyl (C=O) groups excluding carboxylic acids is 3. The fraction of sp³-hybridized carbons (Fsp3) is 0.333. The average molecular weight is 421 g/mol. The molecule has 0 aliphatic carbocycles. The van der Waals surface area contributed by atoms with Gasteiger partial charge in [0, 0.05) is 30.9 Å². The number of hydrogen-bond donors (Lipinski definition) is 2. The Morgan fingerprint density at radius 1 is 1.06 bits per heavy atom. The van der Waals surface area contributed by atoms with Crippen molar-refractivity contribution in [1.29, 1.82) is 0 Å². The largest absolute Gasteiger partial charge is 0.363 e. The molecule has 162 valence electrons. The van der Waals surface area contributed by atoms with Gasteiger partial charge in [0.2, 0.25) is 5.91 Å². The molecule has 0 aliphatic rings. The molecule has 7 nitrogen and oxygen atoms in total. The first-order chi connectivity index (χ1) is 15.0. The molecule has 0 unspecified atom stereocenters. The number of imidazole rings is 1. The second-order valence-corrected chi connectivity index (χ2v) is 7.58. The molecule has 0 saturated heterocycles. The van der Waals surface area contributed by atoms with Crippen LogP contribution < -0.4 is 11.1 Å². The molecule has 0 saturated carbocycles. The molecule has 31 heavy (non-hydrogen) atoms. The average Bonchev–Trinajstić information content (AvgIpc) is 3.25. The molecule has 2 amide bonds. The van der Waals surface area contributed by atoms with Crippen molar-refractivity contribution < 1.29 is 14.4 Å². The quantitative estimate of drug-likeness (QED) is 0.452. The highest BCUT2D eigenvalue weighted by atomic mass is 16.2. The van der Waals surface area contributed by atoms with Crippen molar-refractivity contribution in [3.05, 3.63) is 60.7 Å². The molecule has 3 N–H and O–H groups in total. The Kier molecular flexibility index (Phi) is 7.54. The molecule has 0 fully saturated rings. The second-order valence-electron chi connectivity index (χ2n) is 7.58. The Morgan fingerprint density at radius 3 is 2.58 bits per heavy atom. The van der Waals surface area contributed by atoms with Gasteiger partial charge in [-0.3, -0.25) is 14.4 Å². The normalized spacial score (nSPS) is 11.9. The van der Waals surface area contributed by atoms with Gasteiger partial charge < -0.3 is 15.6 Å². The van der Waals surface area contributed by atoms with E-state index >= 15 is 0 Å². The van der Waals surface area contributed by atoms with E-state index in [0.717, 1.165) is 30.0 Å². The number of benzene rings is 2. The molecule has 3 rings (SSSR count). The van der Waals surface area contributed by atoms with Crippen molar-refractivity contribution >= 4 is 34.1 Å². The summed E-state index contributed by atoms with van der Waals surface area (Å²) in [5.41, 5.74) is 6.13. The number of hydrogen-bond acceptors (Lipinski definition) is 4. The van der Waals surface area contributed by atoms with Crippen LogP contribution in [0.15, 0.2) is 54.9 Å². The van der Waals surface area contributed by atoms with Crippen molar-refractivity contribution in [3.63, 3.8) is 0 Å². The maximum Gasteiger partial charge on any atom is 0.284 e. The lowest BCUT2D eigenvalue weighted by molar-refractivity contribution is -0.120. The highest BCUT2D eigenvalue weighted by molar-refractivity contribution is 5.97. The predicted molar refractivity (Wildman–Crippen MR) is 121 cm³/mol. The van der Waals surface area contributed by atoms with Gasteiger partial charge in [0.1, 0.15) is 11.8 Å². The van der Waals surface area contributed by atoms with E-state index in [9.17, 15) is 14.4 Å². The first-order valence-electron chi connectivity index (χ1n) is 10.6. The van der Waals surface area contributed by atoms with Crippen LogP contribution in [-0.4, -0.2) is 27.1 Å². The third-order valence-electron chi connectivity index (χ3n) is 5.37. The van der Waals surface area contributed by atoms with Crippen LogP contribution in [-0.2, 0) is 9.59 Å². The number of Topliss-reactive ketones (excluding diaryl/α,β-unsaturated/α-hetero) is 1. The molecule has 1 heterocycles. The van der Waals surface area contributed by atoms with Gasteiger partial charge >= 0.3 is 0 Å². The lowest BCUT2D eigenvalue weighted by Gasteiger charge is -2.20. The Morgan fingerprint density at radius 2 is 1.84 bits per heavy atom. The van der Waals surface area contributed by atoms with Crippen molar-refractivity contribution in [2.45, 2.75) is 51.5 Å². The maximum atomic E-state index is 13.2. The highest BCUT2D eigenvalue weighted by Crippen LogP contribution is 2.23. The fourth-order valence-corrected chi connectivity index (χ4v) is 3.66. The summed E-state index contributed by atoms with van der Waals surface area (Å²) in [5.74, 6) is -0.612. The van der Waals surface area contributed by atoms with E-state index in [1.165, 1.54) is 10.8 Å². The summed E-state index contributed by atoms with van der Waals surface area (Å²) in [6.45, 7) is 1.86. The van der Waals surface area contributed by atoms with Gasteiger partial charge in [-0.1, -0.05) is 50.1 Å². The lowest BCUT2D eigenvalue weighted by Crippen LogP contribution is -2.29. The number of unbranched alkanes of at least 4 members (excludes halogenated alkanes) is 2. The maximum absolute atomic E-state index is 13.2. The van der Waals surface area contributed by atoms with E-state index in [-0.39, 0.29) is 17.5 Å². The van der Waals surface area contributed by atoms with Crippen LogP contribution in [0.1, 0.15) is 62.1 Å². The standard InChI is InChI=1S/C24H28N4O3/c1-2-20(29)10-4-3-5-11-21(28-15-14-26-23(28)22(25)30)24(31)27-19-13-12-17-8-6-7-9-18(17)16-19/h6-9,12-16,21H,2-5,10-11H2,1H3,(H2,25,30)(H,27,31)/t21-/m0/s1. The summed E-state index contributed by atoms with van der Waals surface area (Å²) < 4.78 is 1.54. The van der Waals surface area contributed by atoms with Gasteiger partial charge in [0.15, 0.2) is 5.82 Å². The molecule has 0 bridgehead atoms. The zero-order chi connectivity index (χ0) is 22.2. The molecule has 0 spiro atoms. The number of carbonyl (C=O) groups is 3. The van der Waals surface area contributed by atoms with Crippen LogP contribution in [0, 0.1) is 0 Å². The minimum atomic E-state index is -0.679. The van der Waals surface area contributed by atoms with E-state index in [4.69, 9.17) is 5.73 Å². The number of nitrogens with one attached hydrogen (secondary N) is 1. The number of amides is 2. The zero-order valence-corrected chi connectivity index (χ0v) is 17.7. The summed E-state index contributed by atoms with van der Waals surface area (Å²) in [6.07, 6.45) is 7.04. The molecule has 0 radical (unpaired) electrons. The summed E-state index contributed by atoms with van der Waals surface area (Å²) in [4.78, 5) is 40.4. The van der Waals surface area contributed by atoms with E-state index in [1.807, 2.05) is 49.4 Å².